The number of aliphatic hydroxyl groups excluding tert-OH is 1. The smallest absolute Gasteiger partial charge is 0.257 e. The van der Waals surface area contributed by atoms with Crippen molar-refractivity contribution in [2.24, 2.45) is 0 Å². The lowest BCUT2D eigenvalue weighted by Crippen LogP contribution is -2.53. The Morgan fingerprint density at radius 1 is 1.47 bits per heavy atom. The number of halogens is 1. The molecule has 5 heteroatoms. The van der Waals surface area contributed by atoms with Crippen molar-refractivity contribution >= 4 is 5.91 Å². The van der Waals surface area contributed by atoms with E-state index < -0.39 is 17.8 Å². The maximum Gasteiger partial charge on any atom is 0.257 e. The van der Waals surface area contributed by atoms with Crippen LogP contribution in [0.5, 0.6) is 5.75 Å². The zero-order valence-electron chi connectivity index (χ0n) is 7.85. The third-order valence-electron chi connectivity index (χ3n) is 2.34. The summed E-state index contributed by atoms with van der Waals surface area (Å²) in [5.41, 5.74) is -0.0677. The minimum atomic E-state index is -0.572. The van der Waals surface area contributed by atoms with Gasteiger partial charge in [-0.15, -0.1) is 0 Å². The lowest BCUT2D eigenvalue weighted by molar-refractivity contribution is 0.00568. The molecule has 0 radical (unpaired) electrons. The summed E-state index contributed by atoms with van der Waals surface area (Å²) >= 11 is 0. The highest BCUT2D eigenvalue weighted by molar-refractivity contribution is 5.97. The summed E-state index contributed by atoms with van der Waals surface area (Å²) in [5.74, 6) is -1.28. The zero-order chi connectivity index (χ0) is 11.0. The molecular formula is C10H10FNO3. The molecule has 1 aliphatic heterocycles. The average Bonchev–Trinajstić information content (AvgIpc) is 2.16. The summed E-state index contributed by atoms with van der Waals surface area (Å²) in [6, 6.07) is 3.21. The lowest BCUT2D eigenvalue weighted by atomic mass is 10.1. The fourth-order valence-corrected chi connectivity index (χ4v) is 1.47. The van der Waals surface area contributed by atoms with Crippen LogP contribution in [0.3, 0.4) is 0 Å². The van der Waals surface area contributed by atoms with Gasteiger partial charge in [-0.2, -0.15) is 0 Å². The quantitative estimate of drug-likeness (QED) is 0.704. The van der Waals surface area contributed by atoms with E-state index in [1.54, 1.807) is 0 Å². The van der Waals surface area contributed by atoms with E-state index in [0.29, 0.717) is 0 Å². The van der Waals surface area contributed by atoms with E-state index in [-0.39, 0.29) is 24.4 Å². The summed E-state index contributed by atoms with van der Waals surface area (Å²) in [6.45, 7) is 0.462. The zero-order valence-corrected chi connectivity index (χ0v) is 7.85. The van der Waals surface area contributed by atoms with Crippen LogP contribution in [0, 0.1) is 5.82 Å². The van der Waals surface area contributed by atoms with Gasteiger partial charge in [0.05, 0.1) is 11.7 Å². The fourth-order valence-electron chi connectivity index (χ4n) is 1.47. The van der Waals surface area contributed by atoms with Crippen LogP contribution in [0.1, 0.15) is 10.4 Å². The van der Waals surface area contributed by atoms with Crippen LogP contribution in [0.15, 0.2) is 18.2 Å². The van der Waals surface area contributed by atoms with Gasteiger partial charge in [-0.1, -0.05) is 0 Å². The topological polar surface area (TPSA) is 60.8 Å². The van der Waals surface area contributed by atoms with Crippen molar-refractivity contribution in [3.8, 4) is 5.75 Å². The van der Waals surface area contributed by atoms with Gasteiger partial charge in [-0.3, -0.25) is 4.79 Å². The number of phenolic OH excluding ortho intramolecular Hbond substituents is 1. The second kappa shape index (κ2) is 3.51. The predicted octanol–water partition coefficient (Wildman–Crippen LogP) is 0.348. The number of carbonyl (C=O) groups excluding carboxylic acids is 1. The molecule has 1 heterocycles. The maximum absolute atomic E-state index is 12.8. The van der Waals surface area contributed by atoms with E-state index in [1.807, 2.05) is 0 Å². The Morgan fingerprint density at radius 2 is 2.13 bits per heavy atom. The van der Waals surface area contributed by atoms with Gasteiger partial charge < -0.3 is 15.1 Å². The maximum atomic E-state index is 12.8. The van der Waals surface area contributed by atoms with Crippen molar-refractivity contribution in [2.75, 3.05) is 13.1 Å². The molecule has 2 N–H and O–H groups in total. The van der Waals surface area contributed by atoms with Gasteiger partial charge in [0.25, 0.3) is 5.91 Å². The van der Waals surface area contributed by atoms with Crippen LogP contribution in [0.25, 0.3) is 0 Å². The first-order valence-electron chi connectivity index (χ1n) is 4.54. The van der Waals surface area contributed by atoms with Gasteiger partial charge >= 0.3 is 0 Å². The van der Waals surface area contributed by atoms with Crippen molar-refractivity contribution < 1.29 is 19.4 Å². The number of rotatable bonds is 1. The van der Waals surface area contributed by atoms with Crippen molar-refractivity contribution in [1.29, 1.82) is 0 Å². The molecule has 1 saturated heterocycles. The summed E-state index contributed by atoms with van der Waals surface area (Å²) in [7, 11) is 0. The molecule has 1 amide bonds. The number of hydrogen-bond acceptors (Lipinski definition) is 3. The second-order valence-electron chi connectivity index (χ2n) is 3.53. The van der Waals surface area contributed by atoms with E-state index in [1.165, 1.54) is 4.90 Å². The van der Waals surface area contributed by atoms with Crippen molar-refractivity contribution in [3.63, 3.8) is 0 Å². The normalized spacial score (nSPS) is 16.3. The first kappa shape index (κ1) is 9.92. The van der Waals surface area contributed by atoms with Gasteiger partial charge in [-0.25, -0.2) is 4.39 Å². The molecule has 1 aromatic rings. The summed E-state index contributed by atoms with van der Waals surface area (Å²) < 4.78 is 12.8. The van der Waals surface area contributed by atoms with Gasteiger partial charge in [0, 0.05) is 13.1 Å². The van der Waals surface area contributed by atoms with E-state index in [2.05, 4.69) is 0 Å². The Balaban J connectivity index is 2.22. The second-order valence-corrected chi connectivity index (χ2v) is 3.53. The van der Waals surface area contributed by atoms with Gasteiger partial charge in [0.2, 0.25) is 0 Å². The van der Waals surface area contributed by atoms with Crippen molar-refractivity contribution in [2.45, 2.75) is 6.10 Å². The fraction of sp³-hybridized carbons (Fsp3) is 0.300. The molecule has 15 heavy (non-hydrogen) atoms. The molecule has 0 aliphatic carbocycles. The Kier molecular flexibility index (Phi) is 2.32. The molecule has 2 rings (SSSR count). The molecule has 0 unspecified atom stereocenters. The summed E-state index contributed by atoms with van der Waals surface area (Å²) in [5, 5.41) is 18.4. The number of phenols is 1. The number of aromatic hydroxyl groups is 1. The predicted molar refractivity (Wildman–Crippen MR) is 50.0 cm³/mol. The van der Waals surface area contributed by atoms with Gasteiger partial charge in [0.1, 0.15) is 11.6 Å². The number of amides is 1. The molecule has 1 fully saturated rings. The van der Waals surface area contributed by atoms with Crippen LogP contribution in [-0.2, 0) is 0 Å². The average molecular weight is 211 g/mol. The van der Waals surface area contributed by atoms with Crippen LogP contribution in [-0.4, -0.2) is 40.2 Å². The number of benzene rings is 1. The van der Waals surface area contributed by atoms with Gasteiger partial charge in [0.15, 0.2) is 0 Å². The number of hydrogen-bond donors (Lipinski definition) is 2. The molecule has 0 spiro atoms. The summed E-state index contributed by atoms with van der Waals surface area (Å²) in [6.07, 6.45) is -0.510. The summed E-state index contributed by atoms with van der Waals surface area (Å²) in [4.78, 5) is 13.0. The lowest BCUT2D eigenvalue weighted by Gasteiger charge is -2.35. The monoisotopic (exact) mass is 211 g/mol. The van der Waals surface area contributed by atoms with Crippen molar-refractivity contribution in [3.05, 3.63) is 29.6 Å². The number of nitrogens with zero attached hydrogens (tertiary/aromatic N) is 1. The van der Waals surface area contributed by atoms with Crippen molar-refractivity contribution in [1.82, 2.24) is 4.90 Å². The SMILES string of the molecule is O=C(c1cc(F)ccc1O)N1CC(O)C1. The Morgan fingerprint density at radius 3 is 2.73 bits per heavy atom. The minimum Gasteiger partial charge on any atom is -0.507 e. The molecule has 0 saturated carbocycles. The standard InChI is InChI=1S/C10H10FNO3/c11-6-1-2-9(14)8(3-6)10(15)12-4-7(13)5-12/h1-3,7,13-14H,4-5H2. The Hall–Kier alpha value is -1.62. The van der Waals surface area contributed by atoms with Crippen LogP contribution in [0.2, 0.25) is 0 Å². The van der Waals surface area contributed by atoms with E-state index in [9.17, 15) is 14.3 Å². The number of β-amino-alcohol motifs (C(OH)–C–C–N with tert-alkyl or cyclic N) is 1. The number of carbonyl (C=O) groups is 1. The molecule has 1 aliphatic rings. The van der Waals surface area contributed by atoms with E-state index in [0.717, 1.165) is 18.2 Å². The highest BCUT2D eigenvalue weighted by atomic mass is 19.1. The molecule has 1 aromatic carbocycles. The third kappa shape index (κ3) is 1.78. The van der Waals surface area contributed by atoms with Crippen LogP contribution < -0.4 is 0 Å². The van der Waals surface area contributed by atoms with E-state index in [4.69, 9.17) is 5.11 Å². The van der Waals surface area contributed by atoms with Crippen LogP contribution in [0.4, 0.5) is 4.39 Å². The largest absolute Gasteiger partial charge is 0.507 e. The molecule has 0 atom stereocenters. The van der Waals surface area contributed by atoms with Gasteiger partial charge in [-0.05, 0) is 18.2 Å². The highest BCUT2D eigenvalue weighted by Crippen LogP contribution is 2.22. The molecule has 0 aromatic heterocycles. The number of aliphatic hydroxyl groups is 1. The highest BCUT2D eigenvalue weighted by Gasteiger charge is 2.30. The molecule has 4 nitrogen and oxygen atoms in total. The molecular weight excluding hydrogens is 201 g/mol. The first-order valence-corrected chi connectivity index (χ1v) is 4.54. The Bertz CT molecular complexity index is 402. The third-order valence-corrected chi connectivity index (χ3v) is 2.34. The van der Waals surface area contributed by atoms with E-state index >= 15 is 0 Å². The minimum absolute atomic E-state index is 0.0677. The number of likely N-dealkylation sites (tertiary alicyclic amines) is 1. The Labute approximate surface area is 85.6 Å². The van der Waals surface area contributed by atoms with Crippen LogP contribution >= 0.6 is 0 Å². The molecule has 0 bridgehead atoms. The molecule has 80 valence electrons. The first-order chi connectivity index (χ1) is 7.08.